The molecule has 5 heteroatoms. The van der Waals surface area contributed by atoms with Crippen LogP contribution in [0.2, 0.25) is 5.15 Å². The zero-order chi connectivity index (χ0) is 14.4. The summed E-state index contributed by atoms with van der Waals surface area (Å²) >= 11 is 6.06. The van der Waals surface area contributed by atoms with Crippen molar-refractivity contribution in [3.8, 4) is 17.0 Å². The van der Waals surface area contributed by atoms with E-state index in [1.807, 2.05) is 6.07 Å². The van der Waals surface area contributed by atoms with Gasteiger partial charge in [0.1, 0.15) is 16.7 Å². The lowest BCUT2D eigenvalue weighted by molar-refractivity contribution is 0.316. The van der Waals surface area contributed by atoms with E-state index in [-0.39, 0.29) is 0 Å². The van der Waals surface area contributed by atoms with Crippen molar-refractivity contribution in [2.45, 2.75) is 33.1 Å². The molecule has 0 aliphatic heterocycles. The maximum atomic E-state index is 6.06. The summed E-state index contributed by atoms with van der Waals surface area (Å²) in [5.41, 5.74) is 1.67. The minimum absolute atomic E-state index is 0.457. The van der Waals surface area contributed by atoms with Crippen molar-refractivity contribution < 1.29 is 4.74 Å². The lowest BCUT2D eigenvalue weighted by atomic mass is 10.2. The molecule has 2 heterocycles. The van der Waals surface area contributed by atoms with E-state index in [1.54, 1.807) is 18.5 Å². The van der Waals surface area contributed by atoms with E-state index >= 15 is 0 Å². The molecule has 0 fully saturated rings. The molecule has 0 amide bonds. The van der Waals surface area contributed by atoms with E-state index in [1.165, 1.54) is 0 Å². The molecule has 0 radical (unpaired) electrons. The van der Waals surface area contributed by atoms with Crippen molar-refractivity contribution in [3.63, 3.8) is 0 Å². The van der Waals surface area contributed by atoms with Crippen LogP contribution in [0.1, 0.15) is 32.5 Å². The lowest BCUT2D eigenvalue weighted by Gasteiger charge is -2.07. The molecule has 4 nitrogen and oxygen atoms in total. The average Bonchev–Trinajstić information content (AvgIpc) is 2.45. The number of nitrogens with zero attached hydrogens (tertiary/aromatic N) is 3. The first-order valence-electron chi connectivity index (χ1n) is 6.84. The van der Waals surface area contributed by atoms with E-state index in [0.29, 0.717) is 11.8 Å². The predicted octanol–water partition coefficient (Wildman–Crippen LogP) is 3.93. The van der Waals surface area contributed by atoms with Crippen LogP contribution in [-0.2, 0) is 6.42 Å². The van der Waals surface area contributed by atoms with Crippen LogP contribution in [0.25, 0.3) is 11.3 Å². The summed E-state index contributed by atoms with van der Waals surface area (Å²) in [7, 11) is 0. The van der Waals surface area contributed by atoms with Crippen molar-refractivity contribution in [1.29, 1.82) is 0 Å². The largest absolute Gasteiger partial charge is 0.492 e. The highest BCUT2D eigenvalue weighted by Gasteiger charge is 2.07. The second kappa shape index (κ2) is 7.20. The number of hydrogen-bond donors (Lipinski definition) is 0. The standard InChI is InChI=1S/C15H18ClN3O/c1-3-5-15-18-13(8-14(16)19-15)11-7-12(10-17-9-11)20-6-4-2/h7-10H,3-6H2,1-2H3. The first kappa shape index (κ1) is 14.7. The van der Waals surface area contributed by atoms with Crippen LogP contribution in [0.4, 0.5) is 0 Å². The Morgan fingerprint density at radius 1 is 1.10 bits per heavy atom. The van der Waals surface area contributed by atoms with Gasteiger partial charge in [0.05, 0.1) is 18.5 Å². The SMILES string of the molecule is CCCOc1cncc(-c2cc(Cl)nc(CCC)n2)c1. The summed E-state index contributed by atoms with van der Waals surface area (Å²) < 4.78 is 5.59. The third kappa shape index (κ3) is 3.90. The molecule has 106 valence electrons. The zero-order valence-corrected chi connectivity index (χ0v) is 12.5. The van der Waals surface area contributed by atoms with Gasteiger partial charge in [-0.1, -0.05) is 25.4 Å². The van der Waals surface area contributed by atoms with Crippen LogP contribution in [0, 0.1) is 0 Å². The van der Waals surface area contributed by atoms with Crippen molar-refractivity contribution >= 4 is 11.6 Å². The first-order valence-corrected chi connectivity index (χ1v) is 7.22. The van der Waals surface area contributed by atoms with Crippen molar-refractivity contribution in [3.05, 3.63) is 35.5 Å². The highest BCUT2D eigenvalue weighted by Crippen LogP contribution is 2.23. The molecule has 2 aromatic heterocycles. The van der Waals surface area contributed by atoms with Gasteiger partial charge in [0, 0.05) is 24.2 Å². The third-order valence-electron chi connectivity index (χ3n) is 2.70. The average molecular weight is 292 g/mol. The second-order valence-electron chi connectivity index (χ2n) is 4.50. The molecule has 0 saturated heterocycles. The number of pyridine rings is 1. The summed E-state index contributed by atoms with van der Waals surface area (Å²) in [4.78, 5) is 12.9. The molecule has 0 aliphatic rings. The van der Waals surface area contributed by atoms with Crippen LogP contribution in [0.5, 0.6) is 5.75 Å². The predicted molar refractivity (Wildman–Crippen MR) is 80.1 cm³/mol. The summed E-state index contributed by atoms with van der Waals surface area (Å²) in [6.45, 7) is 4.83. The Hall–Kier alpha value is -1.68. The van der Waals surface area contributed by atoms with Crippen molar-refractivity contribution in [2.24, 2.45) is 0 Å². The van der Waals surface area contributed by atoms with E-state index in [9.17, 15) is 0 Å². The second-order valence-corrected chi connectivity index (χ2v) is 4.89. The smallest absolute Gasteiger partial charge is 0.138 e. The van der Waals surface area contributed by atoms with Gasteiger partial charge in [-0.3, -0.25) is 4.98 Å². The fraction of sp³-hybridized carbons (Fsp3) is 0.400. The van der Waals surface area contributed by atoms with Gasteiger partial charge in [-0.25, -0.2) is 9.97 Å². The zero-order valence-electron chi connectivity index (χ0n) is 11.8. The number of ether oxygens (including phenoxy) is 1. The Morgan fingerprint density at radius 2 is 1.95 bits per heavy atom. The van der Waals surface area contributed by atoms with Gasteiger partial charge >= 0.3 is 0 Å². The maximum absolute atomic E-state index is 6.06. The molecule has 0 N–H and O–H groups in total. The Morgan fingerprint density at radius 3 is 2.70 bits per heavy atom. The molecule has 20 heavy (non-hydrogen) atoms. The summed E-state index contributed by atoms with van der Waals surface area (Å²) in [5.74, 6) is 1.51. The number of halogens is 1. The fourth-order valence-electron chi connectivity index (χ4n) is 1.81. The quantitative estimate of drug-likeness (QED) is 0.757. The summed E-state index contributed by atoms with van der Waals surface area (Å²) in [6, 6.07) is 3.68. The Balaban J connectivity index is 2.30. The van der Waals surface area contributed by atoms with Crippen molar-refractivity contribution in [1.82, 2.24) is 15.0 Å². The molecule has 0 saturated carbocycles. The minimum Gasteiger partial charge on any atom is -0.492 e. The molecule has 0 aliphatic carbocycles. The van der Waals surface area contributed by atoms with E-state index in [4.69, 9.17) is 16.3 Å². The van der Waals surface area contributed by atoms with Gasteiger partial charge in [-0.15, -0.1) is 0 Å². The normalized spacial score (nSPS) is 10.6. The van der Waals surface area contributed by atoms with Gasteiger partial charge in [0.2, 0.25) is 0 Å². The van der Waals surface area contributed by atoms with Crippen LogP contribution in [0.3, 0.4) is 0 Å². The van der Waals surface area contributed by atoms with E-state index in [2.05, 4.69) is 28.8 Å². The minimum atomic E-state index is 0.457. The first-order chi connectivity index (χ1) is 9.72. The number of aryl methyl sites for hydroxylation is 1. The van der Waals surface area contributed by atoms with Crippen LogP contribution >= 0.6 is 11.6 Å². The maximum Gasteiger partial charge on any atom is 0.138 e. The molecule has 2 aromatic rings. The Bertz CT molecular complexity index is 575. The highest BCUT2D eigenvalue weighted by molar-refractivity contribution is 6.29. The highest BCUT2D eigenvalue weighted by atomic mass is 35.5. The van der Waals surface area contributed by atoms with Crippen LogP contribution in [0.15, 0.2) is 24.5 Å². The number of hydrogen-bond acceptors (Lipinski definition) is 4. The van der Waals surface area contributed by atoms with Gasteiger partial charge in [0.15, 0.2) is 0 Å². The molecule has 0 spiro atoms. The van der Waals surface area contributed by atoms with Gasteiger partial charge in [0.25, 0.3) is 0 Å². The molecule has 2 rings (SSSR count). The summed E-state index contributed by atoms with van der Waals surface area (Å²) in [6.07, 6.45) is 6.22. The molecule has 0 atom stereocenters. The fourth-order valence-corrected chi connectivity index (χ4v) is 2.01. The van der Waals surface area contributed by atoms with Gasteiger partial charge in [-0.05, 0) is 18.9 Å². The molecule has 0 aromatic carbocycles. The van der Waals surface area contributed by atoms with E-state index in [0.717, 1.165) is 42.1 Å². The molecular weight excluding hydrogens is 274 g/mol. The van der Waals surface area contributed by atoms with Crippen LogP contribution in [-0.4, -0.2) is 21.6 Å². The van der Waals surface area contributed by atoms with E-state index < -0.39 is 0 Å². The molecule has 0 bridgehead atoms. The van der Waals surface area contributed by atoms with Gasteiger partial charge in [-0.2, -0.15) is 0 Å². The van der Waals surface area contributed by atoms with Gasteiger partial charge < -0.3 is 4.74 Å². The third-order valence-corrected chi connectivity index (χ3v) is 2.89. The molecular formula is C15H18ClN3O. The number of aromatic nitrogens is 3. The monoisotopic (exact) mass is 291 g/mol. The topological polar surface area (TPSA) is 47.9 Å². The Labute approximate surface area is 124 Å². The number of rotatable bonds is 6. The summed E-state index contributed by atoms with van der Waals surface area (Å²) in [5, 5.41) is 0.457. The van der Waals surface area contributed by atoms with Crippen LogP contribution < -0.4 is 4.74 Å². The lowest BCUT2D eigenvalue weighted by Crippen LogP contribution is -1.99. The Kier molecular flexibility index (Phi) is 5.30. The molecule has 0 unspecified atom stereocenters. The van der Waals surface area contributed by atoms with Crippen molar-refractivity contribution in [2.75, 3.05) is 6.61 Å².